The minimum absolute atomic E-state index is 0.0196. The molecule has 0 unspecified atom stereocenters. The number of aromatic hydroxyl groups is 1. The number of likely N-dealkylation sites (tertiary alicyclic amines) is 1. The first kappa shape index (κ1) is 20.5. The number of phenols is 1. The Kier molecular flexibility index (Phi) is 4.19. The van der Waals surface area contributed by atoms with E-state index < -0.39 is 51.1 Å². The van der Waals surface area contributed by atoms with Crippen LogP contribution >= 0.6 is 23.2 Å². The second kappa shape index (κ2) is 6.33. The van der Waals surface area contributed by atoms with Crippen LogP contribution in [0, 0.1) is 24.7 Å². The van der Waals surface area contributed by atoms with Gasteiger partial charge < -0.3 is 5.11 Å². The van der Waals surface area contributed by atoms with Gasteiger partial charge in [0.2, 0.25) is 11.8 Å². The lowest BCUT2D eigenvalue weighted by Gasteiger charge is -2.50. The maximum atomic E-state index is 13.3. The third-order valence-corrected chi connectivity index (χ3v) is 8.82. The van der Waals surface area contributed by atoms with E-state index in [0.29, 0.717) is 17.5 Å². The first-order valence-electron chi connectivity index (χ1n) is 10.1. The van der Waals surface area contributed by atoms with Gasteiger partial charge in [-0.2, -0.15) is 0 Å². The summed E-state index contributed by atoms with van der Waals surface area (Å²) in [5, 5.41) is 12.4. The number of carbonyl (C=O) groups is 4. The van der Waals surface area contributed by atoms with Crippen LogP contribution in [0.4, 0.5) is 0 Å². The number of phenolic OH excluding ortho intramolecular Hbond substituents is 1. The zero-order valence-electron chi connectivity index (χ0n) is 16.8. The molecule has 31 heavy (non-hydrogen) atoms. The van der Waals surface area contributed by atoms with Crippen molar-refractivity contribution in [3.05, 3.63) is 41.0 Å². The molecule has 2 N–H and O–H groups in total. The molecule has 2 saturated heterocycles. The fourth-order valence-corrected chi connectivity index (χ4v) is 6.91. The fraction of sp³-hybridized carbons (Fsp3) is 0.455. The third-order valence-electron chi connectivity index (χ3n) is 7.41. The lowest BCUT2D eigenvalue weighted by atomic mass is 9.56. The number of allylic oxidation sites excluding steroid dienone is 2. The molecule has 3 fully saturated rings. The Morgan fingerprint density at radius 3 is 2.48 bits per heavy atom. The van der Waals surface area contributed by atoms with Crippen LogP contribution in [-0.2, 0) is 19.2 Å². The lowest BCUT2D eigenvalue weighted by molar-refractivity contribution is -0.138. The quantitative estimate of drug-likeness (QED) is 0.377. The van der Waals surface area contributed by atoms with Crippen molar-refractivity contribution in [3.8, 4) is 5.75 Å². The van der Waals surface area contributed by atoms with E-state index in [1.807, 2.05) is 6.08 Å². The number of alkyl halides is 2. The van der Waals surface area contributed by atoms with Crippen LogP contribution in [0.25, 0.3) is 0 Å². The molecule has 9 heteroatoms. The molecule has 4 amide bonds. The molecule has 1 aromatic carbocycles. The lowest BCUT2D eigenvalue weighted by Crippen LogP contribution is -2.60. The summed E-state index contributed by atoms with van der Waals surface area (Å²) in [6.07, 6.45) is 2.18. The zero-order chi connectivity index (χ0) is 22.5. The number of hydrogen-bond acceptors (Lipinski definition) is 5. The van der Waals surface area contributed by atoms with Crippen molar-refractivity contribution in [2.45, 2.75) is 35.4 Å². The summed E-state index contributed by atoms with van der Waals surface area (Å²) >= 11 is 14.0. The average Bonchev–Trinajstić information content (AvgIpc) is 3.08. The smallest absolute Gasteiger partial charge is 0.253 e. The second-order valence-corrected chi connectivity index (χ2v) is 10.1. The van der Waals surface area contributed by atoms with Crippen LogP contribution in [0.3, 0.4) is 0 Å². The molecule has 2 aliphatic carbocycles. The van der Waals surface area contributed by atoms with Gasteiger partial charge >= 0.3 is 0 Å². The van der Waals surface area contributed by atoms with Gasteiger partial charge in [0.05, 0.1) is 11.8 Å². The van der Waals surface area contributed by atoms with Crippen LogP contribution < -0.4 is 5.32 Å². The summed E-state index contributed by atoms with van der Waals surface area (Å²) in [4.78, 5) is 48.8. The van der Waals surface area contributed by atoms with E-state index >= 15 is 0 Å². The molecule has 4 aliphatic rings. The summed E-state index contributed by atoms with van der Waals surface area (Å²) in [6, 6.07) is 4.87. The van der Waals surface area contributed by atoms with Crippen LogP contribution in [-0.4, -0.2) is 50.4 Å². The number of nitrogens with zero attached hydrogens (tertiary/aromatic N) is 1. The van der Waals surface area contributed by atoms with Gasteiger partial charge in [-0.25, -0.2) is 0 Å². The van der Waals surface area contributed by atoms with Gasteiger partial charge in [-0.15, -0.1) is 23.2 Å². The normalized spacial score (nSPS) is 39.1. The van der Waals surface area contributed by atoms with E-state index in [-0.39, 0.29) is 18.1 Å². The number of aryl methyl sites for hydroxylation is 1. The molecule has 6 atom stereocenters. The van der Waals surface area contributed by atoms with Crippen molar-refractivity contribution in [1.29, 1.82) is 0 Å². The molecular weight excluding hydrogens is 443 g/mol. The predicted molar refractivity (Wildman–Crippen MR) is 111 cm³/mol. The maximum Gasteiger partial charge on any atom is 0.253 e. The van der Waals surface area contributed by atoms with Crippen molar-refractivity contribution in [2.75, 3.05) is 7.05 Å². The van der Waals surface area contributed by atoms with Crippen LogP contribution in [0.1, 0.15) is 29.9 Å². The van der Waals surface area contributed by atoms with Crippen LogP contribution in [0.2, 0.25) is 0 Å². The van der Waals surface area contributed by atoms with Gasteiger partial charge in [-0.05, 0) is 42.9 Å². The highest BCUT2D eigenvalue weighted by Crippen LogP contribution is 2.64. The van der Waals surface area contributed by atoms with Crippen molar-refractivity contribution >= 4 is 46.8 Å². The summed E-state index contributed by atoms with van der Waals surface area (Å²) in [7, 11) is 1.35. The number of nitrogens with one attached hydrogen (secondary N) is 1. The largest absolute Gasteiger partial charge is 0.508 e. The highest BCUT2D eigenvalue weighted by molar-refractivity contribution is 6.53. The summed E-state index contributed by atoms with van der Waals surface area (Å²) < 4.78 is 0. The van der Waals surface area contributed by atoms with Crippen LogP contribution in [0.5, 0.6) is 5.75 Å². The van der Waals surface area contributed by atoms with Gasteiger partial charge in [0.1, 0.15) is 5.75 Å². The number of benzene rings is 1. The average molecular weight is 463 g/mol. The van der Waals surface area contributed by atoms with Crippen molar-refractivity contribution < 1.29 is 24.3 Å². The van der Waals surface area contributed by atoms with E-state index in [4.69, 9.17) is 23.2 Å². The van der Waals surface area contributed by atoms with Gasteiger partial charge in [0.25, 0.3) is 11.8 Å². The summed E-state index contributed by atoms with van der Waals surface area (Å²) in [5.41, 5.74) is 1.93. The maximum absolute atomic E-state index is 13.3. The Bertz CT molecular complexity index is 1120. The Morgan fingerprint density at radius 2 is 1.81 bits per heavy atom. The van der Waals surface area contributed by atoms with Crippen molar-refractivity contribution in [1.82, 2.24) is 10.2 Å². The minimum Gasteiger partial charge on any atom is -0.508 e. The Labute approximate surface area is 188 Å². The molecule has 7 nitrogen and oxygen atoms in total. The molecule has 2 heterocycles. The summed E-state index contributed by atoms with van der Waals surface area (Å²) in [5.74, 6) is -4.36. The van der Waals surface area contributed by atoms with E-state index in [2.05, 4.69) is 5.32 Å². The molecule has 5 rings (SSSR count). The topological polar surface area (TPSA) is 104 Å². The zero-order valence-corrected chi connectivity index (χ0v) is 18.3. The molecular formula is C22H20Cl2N2O5. The van der Waals surface area contributed by atoms with Crippen molar-refractivity contribution in [2.24, 2.45) is 17.8 Å². The standard InChI is InChI=1S/C22H20Cl2N2O5/c1-9-7-10(3-6-14(9)27)16-11-4-5-12-15(18(29)25-17(12)28)13(11)8-21(23)19(30)26(2)20(31)22(16,21)24/h3-4,6-7,12-13,15-16,27H,5,8H2,1-2H3,(H,25,28,29)/t12-,13+,15-,16-,21+,22-/m0/s1. The number of amides is 4. The molecule has 0 spiro atoms. The van der Waals surface area contributed by atoms with Gasteiger partial charge in [0.15, 0.2) is 9.75 Å². The third kappa shape index (κ3) is 2.36. The highest BCUT2D eigenvalue weighted by Gasteiger charge is 2.75. The molecule has 162 valence electrons. The molecule has 0 radical (unpaired) electrons. The SMILES string of the molecule is Cc1cc([C@H]2C3=CC[C@@H]4C(=O)NC(=O)[C@@H]4[C@@H]3C[C@@]3(Cl)C(=O)N(C)C(=O)[C@@]23Cl)ccc1O. The number of halogens is 2. The molecule has 0 bridgehead atoms. The number of rotatable bonds is 1. The van der Waals surface area contributed by atoms with E-state index in [0.717, 1.165) is 10.5 Å². The Morgan fingerprint density at radius 1 is 1.10 bits per heavy atom. The van der Waals surface area contributed by atoms with Crippen molar-refractivity contribution in [3.63, 3.8) is 0 Å². The van der Waals surface area contributed by atoms with Crippen LogP contribution in [0.15, 0.2) is 29.8 Å². The Hall–Kier alpha value is -2.38. The Balaban J connectivity index is 1.76. The van der Waals surface area contributed by atoms with E-state index in [1.54, 1.807) is 19.1 Å². The van der Waals surface area contributed by atoms with Gasteiger partial charge in [-0.1, -0.05) is 23.8 Å². The fourth-order valence-electron chi connectivity index (χ4n) is 5.89. The number of hydrogen-bond donors (Lipinski definition) is 2. The van der Waals surface area contributed by atoms with E-state index in [1.165, 1.54) is 13.1 Å². The number of fused-ring (bicyclic) bond motifs is 4. The minimum atomic E-state index is -1.79. The molecule has 0 aromatic heterocycles. The molecule has 1 saturated carbocycles. The molecule has 2 aliphatic heterocycles. The second-order valence-electron chi connectivity index (χ2n) is 8.90. The summed E-state index contributed by atoms with van der Waals surface area (Å²) in [6.45, 7) is 1.72. The van der Waals surface area contributed by atoms with E-state index in [9.17, 15) is 24.3 Å². The van der Waals surface area contributed by atoms with Gasteiger partial charge in [-0.3, -0.25) is 29.4 Å². The number of imide groups is 2. The van der Waals surface area contributed by atoms with Gasteiger partial charge in [0, 0.05) is 13.0 Å². The monoisotopic (exact) mass is 462 g/mol. The molecule has 1 aromatic rings. The first-order valence-corrected chi connectivity index (χ1v) is 10.8. The number of carbonyl (C=O) groups excluding carboxylic acids is 4. The predicted octanol–water partition coefficient (Wildman–Crippen LogP) is 1.98. The highest BCUT2D eigenvalue weighted by atomic mass is 35.5. The first-order chi connectivity index (χ1) is 14.5.